The molecule has 41 heavy (non-hydrogen) atoms. The number of amides is 2. The number of hydrogen-bond acceptors (Lipinski definition) is 8. The number of fused-ring (bicyclic) bond motifs is 1. The molecule has 3 aliphatic rings. The van der Waals surface area contributed by atoms with Crippen LogP contribution in [0.25, 0.3) is 0 Å². The van der Waals surface area contributed by atoms with Crippen molar-refractivity contribution >= 4 is 35.0 Å². The van der Waals surface area contributed by atoms with Gasteiger partial charge in [-0.2, -0.15) is 4.98 Å². The number of carbonyl (C=O) groups is 2. The Morgan fingerprint density at radius 2 is 1.88 bits per heavy atom. The molecule has 3 heterocycles. The van der Waals surface area contributed by atoms with Crippen LogP contribution in [0.5, 0.6) is 5.75 Å². The molecule has 1 aliphatic carbocycles. The lowest BCUT2D eigenvalue weighted by Crippen LogP contribution is -2.47. The van der Waals surface area contributed by atoms with E-state index in [0.29, 0.717) is 35.5 Å². The monoisotopic (exact) mass is 563 g/mol. The van der Waals surface area contributed by atoms with Crippen LogP contribution in [0, 0.1) is 5.41 Å². The van der Waals surface area contributed by atoms with Crippen LogP contribution < -0.4 is 25.2 Å². The lowest BCUT2D eigenvalue weighted by atomic mass is 9.83. The summed E-state index contributed by atoms with van der Waals surface area (Å²) in [5.41, 5.74) is 1.47. The quantitative estimate of drug-likeness (QED) is 0.481. The largest absolute Gasteiger partial charge is 0.495 e. The second-order valence-electron chi connectivity index (χ2n) is 12.2. The number of benzene rings is 1. The van der Waals surface area contributed by atoms with Crippen LogP contribution in [0.4, 0.5) is 23.1 Å². The maximum Gasteiger partial charge on any atom is 0.251 e. The summed E-state index contributed by atoms with van der Waals surface area (Å²) < 4.78 is 5.66. The highest BCUT2D eigenvalue weighted by Gasteiger charge is 2.44. The number of nitrogens with one attached hydrogen (secondary N) is 2. The van der Waals surface area contributed by atoms with Gasteiger partial charge in [0.1, 0.15) is 11.4 Å². The molecule has 10 heteroatoms. The summed E-state index contributed by atoms with van der Waals surface area (Å²) >= 11 is 0. The molecule has 1 saturated carbocycles. The standard InChI is InChI=1S/C31H45N7O3/c1-6-15-31(2)20-38(23-9-7-8-10-23)27-25(37(4)29(31)40)19-32-30(35-27)34-24-12-11-21(18-26(24)41-5)28(39)33-22-13-16-36(3)17-14-22/h11-12,18-19,22-23H,6-10,13-17,20H2,1-5H3,(H,33,39)(H,32,34,35). The maximum atomic E-state index is 13.6. The molecule has 1 aromatic heterocycles. The van der Waals surface area contributed by atoms with Crippen LogP contribution in [-0.2, 0) is 4.79 Å². The SMILES string of the molecule is CCCC1(C)CN(C2CCCC2)c2nc(Nc3ccc(C(=O)NC4CCN(C)CC4)cc3OC)ncc2N(C)C1=O. The maximum absolute atomic E-state index is 13.6. The van der Waals surface area contributed by atoms with Gasteiger partial charge in [-0.25, -0.2) is 4.98 Å². The van der Waals surface area contributed by atoms with Crippen molar-refractivity contribution in [3.8, 4) is 5.75 Å². The number of nitrogens with zero attached hydrogens (tertiary/aromatic N) is 5. The second-order valence-corrected chi connectivity index (χ2v) is 12.2. The zero-order chi connectivity index (χ0) is 29.1. The molecule has 1 aromatic carbocycles. The molecule has 2 N–H and O–H groups in total. The van der Waals surface area contributed by atoms with Crippen molar-refractivity contribution in [1.82, 2.24) is 20.2 Å². The van der Waals surface area contributed by atoms with E-state index in [9.17, 15) is 9.59 Å². The average molecular weight is 564 g/mol. The normalized spacial score (nSPS) is 22.4. The highest BCUT2D eigenvalue weighted by Crippen LogP contribution is 2.42. The minimum atomic E-state index is -0.493. The summed E-state index contributed by atoms with van der Waals surface area (Å²) in [7, 11) is 5.53. The number of anilines is 4. The molecular formula is C31H45N7O3. The number of piperidine rings is 1. The molecule has 1 unspecified atom stereocenters. The fraction of sp³-hybridized carbons (Fsp3) is 0.613. The zero-order valence-electron chi connectivity index (χ0n) is 25.2. The Kier molecular flexibility index (Phi) is 8.68. The highest BCUT2D eigenvalue weighted by molar-refractivity contribution is 6.01. The molecule has 222 valence electrons. The van der Waals surface area contributed by atoms with E-state index in [0.717, 1.165) is 63.1 Å². The Morgan fingerprint density at radius 3 is 2.56 bits per heavy atom. The van der Waals surface area contributed by atoms with E-state index in [1.54, 1.807) is 30.3 Å². The van der Waals surface area contributed by atoms with Gasteiger partial charge in [-0.1, -0.05) is 26.2 Å². The molecule has 10 nitrogen and oxygen atoms in total. The van der Waals surface area contributed by atoms with E-state index < -0.39 is 5.41 Å². The molecule has 0 radical (unpaired) electrons. The van der Waals surface area contributed by atoms with Crippen LogP contribution in [0.3, 0.4) is 0 Å². The van der Waals surface area contributed by atoms with Gasteiger partial charge in [0, 0.05) is 31.2 Å². The fourth-order valence-electron chi connectivity index (χ4n) is 6.64. The molecule has 5 rings (SSSR count). The van der Waals surface area contributed by atoms with Crippen LogP contribution >= 0.6 is 0 Å². The summed E-state index contributed by atoms with van der Waals surface area (Å²) in [5.74, 6) is 1.77. The number of rotatable bonds is 8. The number of methoxy groups -OCH3 is 1. The number of ether oxygens (including phenoxy) is 1. The number of likely N-dealkylation sites (tertiary alicyclic amines) is 1. The molecular weight excluding hydrogens is 518 g/mol. The van der Waals surface area contributed by atoms with Crippen LogP contribution in [0.1, 0.15) is 75.6 Å². The van der Waals surface area contributed by atoms with Gasteiger partial charge < -0.3 is 30.1 Å². The van der Waals surface area contributed by atoms with E-state index in [4.69, 9.17) is 9.72 Å². The van der Waals surface area contributed by atoms with E-state index in [2.05, 4.69) is 46.3 Å². The van der Waals surface area contributed by atoms with Gasteiger partial charge in [0.15, 0.2) is 5.82 Å². The summed E-state index contributed by atoms with van der Waals surface area (Å²) in [6.07, 6.45) is 9.98. The average Bonchev–Trinajstić information content (AvgIpc) is 3.49. The first-order valence-electron chi connectivity index (χ1n) is 15.1. The van der Waals surface area contributed by atoms with Crippen molar-refractivity contribution in [2.24, 2.45) is 5.41 Å². The van der Waals surface area contributed by atoms with Crippen LogP contribution in [0.2, 0.25) is 0 Å². The van der Waals surface area contributed by atoms with Crippen LogP contribution in [-0.4, -0.2) is 79.6 Å². The molecule has 2 aliphatic heterocycles. The van der Waals surface area contributed by atoms with Gasteiger partial charge >= 0.3 is 0 Å². The third-order valence-corrected chi connectivity index (χ3v) is 9.05. The first kappa shape index (κ1) is 29.1. The Morgan fingerprint density at radius 1 is 1.15 bits per heavy atom. The molecule has 2 amide bonds. The van der Waals surface area contributed by atoms with Gasteiger partial charge in [-0.05, 0) is 77.4 Å². The Hall–Kier alpha value is -3.40. The highest BCUT2D eigenvalue weighted by atomic mass is 16.5. The lowest BCUT2D eigenvalue weighted by Gasteiger charge is -2.36. The molecule has 2 fully saturated rings. The summed E-state index contributed by atoms with van der Waals surface area (Å²) in [4.78, 5) is 42.6. The molecule has 0 bridgehead atoms. The lowest BCUT2D eigenvalue weighted by molar-refractivity contribution is -0.127. The van der Waals surface area contributed by atoms with Crippen molar-refractivity contribution in [3.63, 3.8) is 0 Å². The van der Waals surface area contributed by atoms with Gasteiger partial charge in [-0.15, -0.1) is 0 Å². The van der Waals surface area contributed by atoms with E-state index >= 15 is 0 Å². The zero-order valence-corrected chi connectivity index (χ0v) is 25.2. The van der Waals surface area contributed by atoms with Gasteiger partial charge in [-0.3, -0.25) is 9.59 Å². The predicted octanol–water partition coefficient (Wildman–Crippen LogP) is 4.58. The first-order valence-corrected chi connectivity index (χ1v) is 15.1. The fourth-order valence-corrected chi connectivity index (χ4v) is 6.64. The molecule has 1 saturated heterocycles. The van der Waals surface area contributed by atoms with Gasteiger partial charge in [0.2, 0.25) is 11.9 Å². The first-order chi connectivity index (χ1) is 19.7. The van der Waals surface area contributed by atoms with Gasteiger partial charge in [0.25, 0.3) is 5.91 Å². The van der Waals surface area contributed by atoms with Crippen molar-refractivity contribution < 1.29 is 14.3 Å². The number of aromatic nitrogens is 2. The minimum absolute atomic E-state index is 0.0966. The number of carbonyl (C=O) groups excluding carboxylic acids is 2. The van der Waals surface area contributed by atoms with Crippen molar-refractivity contribution in [2.75, 3.05) is 56.0 Å². The molecule has 2 aromatic rings. The number of hydrogen-bond donors (Lipinski definition) is 2. The van der Waals surface area contributed by atoms with Crippen molar-refractivity contribution in [2.45, 2.75) is 77.3 Å². The smallest absolute Gasteiger partial charge is 0.251 e. The molecule has 1 atom stereocenters. The van der Waals surface area contributed by atoms with Crippen molar-refractivity contribution in [3.05, 3.63) is 30.0 Å². The molecule has 0 spiro atoms. The van der Waals surface area contributed by atoms with E-state index in [1.165, 1.54) is 12.8 Å². The Labute approximate surface area is 243 Å². The predicted molar refractivity (Wildman–Crippen MR) is 162 cm³/mol. The van der Waals surface area contributed by atoms with E-state index in [1.807, 2.05) is 13.1 Å². The summed E-state index contributed by atoms with van der Waals surface area (Å²) in [6, 6.07) is 5.92. The summed E-state index contributed by atoms with van der Waals surface area (Å²) in [5, 5.41) is 6.48. The topological polar surface area (TPSA) is 103 Å². The van der Waals surface area contributed by atoms with Crippen LogP contribution in [0.15, 0.2) is 24.4 Å². The Balaban J connectivity index is 1.40. The second kappa shape index (κ2) is 12.2. The minimum Gasteiger partial charge on any atom is -0.495 e. The van der Waals surface area contributed by atoms with Gasteiger partial charge in [0.05, 0.1) is 24.4 Å². The van der Waals surface area contributed by atoms with E-state index in [-0.39, 0.29) is 17.9 Å². The summed E-state index contributed by atoms with van der Waals surface area (Å²) in [6.45, 7) is 6.83. The third kappa shape index (κ3) is 6.12. The Bertz CT molecular complexity index is 1260. The third-order valence-electron chi connectivity index (χ3n) is 9.05. The van der Waals surface area contributed by atoms with Crippen molar-refractivity contribution in [1.29, 1.82) is 0 Å².